The largest absolute Gasteiger partial charge is 0.329 e. The van der Waals surface area contributed by atoms with E-state index >= 15 is 0 Å². The van der Waals surface area contributed by atoms with E-state index in [1.807, 2.05) is 0 Å². The second-order valence-electron chi connectivity index (χ2n) is 6.00. The van der Waals surface area contributed by atoms with Crippen molar-refractivity contribution >= 4 is 21.6 Å². The van der Waals surface area contributed by atoms with E-state index in [9.17, 15) is 9.59 Å². The molecular formula is C15H19N3O2S. The number of hydrogen-bond acceptors (Lipinski definition) is 4. The molecule has 0 saturated carbocycles. The van der Waals surface area contributed by atoms with E-state index in [2.05, 4.69) is 10.3 Å². The summed E-state index contributed by atoms with van der Waals surface area (Å²) in [4.78, 5) is 30.3. The van der Waals surface area contributed by atoms with Crippen molar-refractivity contribution in [1.82, 2.24) is 14.9 Å². The predicted molar refractivity (Wildman–Crippen MR) is 84.5 cm³/mol. The maximum Gasteiger partial charge on any atom is 0.329 e. The van der Waals surface area contributed by atoms with Gasteiger partial charge in [-0.3, -0.25) is 14.3 Å². The zero-order valence-corrected chi connectivity index (χ0v) is 12.7. The van der Waals surface area contributed by atoms with Crippen LogP contribution in [0.15, 0.2) is 9.59 Å². The maximum absolute atomic E-state index is 12.9. The summed E-state index contributed by atoms with van der Waals surface area (Å²) in [5, 5.41) is 4.06. The number of nitrogens with one attached hydrogen (secondary N) is 2. The normalized spacial score (nSPS) is 19.8. The number of nitrogens with zero attached hydrogens (tertiary/aromatic N) is 1. The molecule has 3 heterocycles. The van der Waals surface area contributed by atoms with Gasteiger partial charge in [-0.1, -0.05) is 0 Å². The van der Waals surface area contributed by atoms with Crippen LogP contribution in [0, 0.1) is 0 Å². The summed E-state index contributed by atoms with van der Waals surface area (Å²) in [5.74, 6) is 0. The first-order chi connectivity index (χ1) is 10.3. The number of piperidine rings is 1. The van der Waals surface area contributed by atoms with E-state index in [4.69, 9.17) is 0 Å². The van der Waals surface area contributed by atoms with Crippen molar-refractivity contribution < 1.29 is 0 Å². The number of aromatic nitrogens is 2. The summed E-state index contributed by atoms with van der Waals surface area (Å²) in [5.41, 5.74) is 0.892. The summed E-state index contributed by atoms with van der Waals surface area (Å²) < 4.78 is 1.48. The molecule has 2 aromatic heterocycles. The molecule has 0 atom stereocenters. The van der Waals surface area contributed by atoms with Gasteiger partial charge in [0.05, 0.1) is 5.39 Å². The smallest absolute Gasteiger partial charge is 0.317 e. The second kappa shape index (κ2) is 5.10. The summed E-state index contributed by atoms with van der Waals surface area (Å²) >= 11 is 1.60. The fraction of sp³-hybridized carbons (Fsp3) is 0.600. The molecule has 0 bridgehead atoms. The maximum atomic E-state index is 12.9. The fourth-order valence-corrected chi connectivity index (χ4v) is 4.92. The second-order valence-corrected chi connectivity index (χ2v) is 7.11. The van der Waals surface area contributed by atoms with Crippen LogP contribution in [0.2, 0.25) is 0 Å². The van der Waals surface area contributed by atoms with Gasteiger partial charge in [0.1, 0.15) is 4.83 Å². The van der Waals surface area contributed by atoms with E-state index in [0.29, 0.717) is 0 Å². The summed E-state index contributed by atoms with van der Waals surface area (Å²) in [7, 11) is 0. The highest BCUT2D eigenvalue weighted by molar-refractivity contribution is 7.18. The number of aryl methyl sites for hydroxylation is 2. The quantitative estimate of drug-likeness (QED) is 0.840. The van der Waals surface area contributed by atoms with Crippen LogP contribution in [0.3, 0.4) is 0 Å². The van der Waals surface area contributed by atoms with Crippen molar-refractivity contribution in [2.24, 2.45) is 0 Å². The third-order valence-corrected chi connectivity index (χ3v) is 5.92. The topological polar surface area (TPSA) is 66.9 Å². The Morgan fingerprint density at radius 3 is 2.67 bits per heavy atom. The van der Waals surface area contributed by atoms with Crippen molar-refractivity contribution in [1.29, 1.82) is 0 Å². The predicted octanol–water partition coefficient (Wildman–Crippen LogP) is 1.55. The van der Waals surface area contributed by atoms with Gasteiger partial charge >= 0.3 is 5.69 Å². The van der Waals surface area contributed by atoms with Crippen molar-refractivity contribution in [2.45, 2.75) is 44.6 Å². The summed E-state index contributed by atoms with van der Waals surface area (Å²) in [6.07, 6.45) is 6.05. The van der Waals surface area contributed by atoms with Gasteiger partial charge in [0, 0.05) is 10.9 Å². The van der Waals surface area contributed by atoms with Crippen LogP contribution in [0.5, 0.6) is 0 Å². The van der Waals surface area contributed by atoms with Crippen molar-refractivity contribution in [3.63, 3.8) is 0 Å². The van der Waals surface area contributed by atoms with Gasteiger partial charge in [-0.2, -0.15) is 0 Å². The monoisotopic (exact) mass is 305 g/mol. The highest BCUT2D eigenvalue weighted by Gasteiger charge is 2.24. The first kappa shape index (κ1) is 13.3. The number of rotatable bonds is 1. The molecule has 21 heavy (non-hydrogen) atoms. The molecule has 0 unspecified atom stereocenters. The molecule has 4 rings (SSSR count). The van der Waals surface area contributed by atoms with Crippen molar-refractivity contribution in [2.75, 3.05) is 13.1 Å². The van der Waals surface area contributed by atoms with E-state index in [0.717, 1.165) is 55.4 Å². The zero-order valence-electron chi connectivity index (χ0n) is 11.9. The minimum atomic E-state index is -0.238. The van der Waals surface area contributed by atoms with Gasteiger partial charge in [-0.25, -0.2) is 4.79 Å². The Balaban J connectivity index is 1.95. The molecule has 1 saturated heterocycles. The first-order valence-electron chi connectivity index (χ1n) is 7.75. The van der Waals surface area contributed by atoms with Crippen LogP contribution in [-0.2, 0) is 12.8 Å². The number of fused-ring (bicyclic) bond motifs is 3. The van der Waals surface area contributed by atoms with Crippen LogP contribution >= 0.6 is 11.3 Å². The van der Waals surface area contributed by atoms with Gasteiger partial charge in [-0.15, -0.1) is 11.3 Å². The van der Waals surface area contributed by atoms with Gasteiger partial charge < -0.3 is 5.32 Å². The molecule has 1 fully saturated rings. The molecule has 1 aliphatic carbocycles. The summed E-state index contributed by atoms with van der Waals surface area (Å²) in [6, 6.07) is 0.0334. The minimum absolute atomic E-state index is 0.0334. The van der Waals surface area contributed by atoms with Gasteiger partial charge in [0.15, 0.2) is 0 Å². The van der Waals surface area contributed by atoms with Crippen LogP contribution in [0.1, 0.15) is 42.2 Å². The van der Waals surface area contributed by atoms with Gasteiger partial charge in [0.25, 0.3) is 5.56 Å². The lowest BCUT2D eigenvalue weighted by atomic mass is 9.97. The Bertz CT molecular complexity index is 796. The van der Waals surface area contributed by atoms with Crippen LogP contribution in [0.4, 0.5) is 0 Å². The highest BCUT2D eigenvalue weighted by atomic mass is 32.1. The zero-order chi connectivity index (χ0) is 14.4. The molecule has 1 aliphatic heterocycles. The molecule has 0 radical (unpaired) electrons. The number of thiophene rings is 1. The average Bonchev–Trinajstić information content (AvgIpc) is 2.86. The Hall–Kier alpha value is -1.40. The van der Waals surface area contributed by atoms with Gasteiger partial charge in [-0.05, 0) is 57.2 Å². The standard InChI is InChI=1S/C15H19N3O2S/c19-14-12-10-3-1-2-4-11(10)21-13(12)17-15(20)18(14)9-5-7-16-8-6-9/h9,16H,1-8H2,(H,17,20). The van der Waals surface area contributed by atoms with E-state index in [1.165, 1.54) is 21.4 Å². The van der Waals surface area contributed by atoms with Crippen LogP contribution in [0.25, 0.3) is 10.2 Å². The highest BCUT2D eigenvalue weighted by Crippen LogP contribution is 2.33. The minimum Gasteiger partial charge on any atom is -0.317 e. The summed E-state index contributed by atoms with van der Waals surface area (Å²) in [6.45, 7) is 1.74. The third-order valence-electron chi connectivity index (χ3n) is 4.72. The number of aromatic amines is 1. The molecule has 0 spiro atoms. The fourth-order valence-electron chi connectivity index (χ4n) is 3.65. The third kappa shape index (κ3) is 2.08. The number of H-pyrrole nitrogens is 1. The lowest BCUT2D eigenvalue weighted by Gasteiger charge is -2.23. The van der Waals surface area contributed by atoms with Crippen molar-refractivity contribution in [3.05, 3.63) is 31.3 Å². The van der Waals surface area contributed by atoms with E-state index < -0.39 is 0 Å². The Kier molecular flexibility index (Phi) is 3.23. The van der Waals surface area contributed by atoms with Crippen LogP contribution in [-0.4, -0.2) is 22.6 Å². The molecule has 5 nitrogen and oxygen atoms in total. The first-order valence-corrected chi connectivity index (χ1v) is 8.57. The molecular weight excluding hydrogens is 286 g/mol. The average molecular weight is 305 g/mol. The molecule has 2 aromatic rings. The molecule has 112 valence electrons. The van der Waals surface area contributed by atoms with E-state index in [-0.39, 0.29) is 17.3 Å². The van der Waals surface area contributed by atoms with E-state index in [1.54, 1.807) is 11.3 Å². The lowest BCUT2D eigenvalue weighted by Crippen LogP contribution is -2.42. The Labute approximate surface area is 126 Å². The molecule has 0 amide bonds. The molecule has 2 aliphatic rings. The Morgan fingerprint density at radius 1 is 1.10 bits per heavy atom. The Morgan fingerprint density at radius 2 is 1.86 bits per heavy atom. The van der Waals surface area contributed by atoms with Crippen molar-refractivity contribution in [3.8, 4) is 0 Å². The number of hydrogen-bond donors (Lipinski definition) is 2. The SMILES string of the molecule is O=c1[nH]c2sc3c(c2c(=O)n1C1CCNCC1)CCCC3. The van der Waals surface area contributed by atoms with Gasteiger partial charge in [0.2, 0.25) is 0 Å². The van der Waals surface area contributed by atoms with Crippen LogP contribution < -0.4 is 16.6 Å². The lowest BCUT2D eigenvalue weighted by molar-refractivity contribution is 0.352. The molecule has 6 heteroatoms. The molecule has 0 aromatic carbocycles. The molecule has 2 N–H and O–H groups in total.